The van der Waals surface area contributed by atoms with Gasteiger partial charge in [-0.3, -0.25) is 0 Å². The number of hydrogen-bond acceptors (Lipinski definition) is 1. The van der Waals surface area contributed by atoms with Crippen LogP contribution in [0, 0.1) is 5.92 Å². The molecule has 0 bridgehead atoms. The van der Waals surface area contributed by atoms with E-state index in [1.165, 1.54) is 5.56 Å². The summed E-state index contributed by atoms with van der Waals surface area (Å²) in [5.41, 5.74) is 1.31. The Morgan fingerprint density at radius 3 is 2.29 bits per heavy atom. The molecule has 17 heavy (non-hydrogen) atoms. The molecule has 0 spiro atoms. The van der Waals surface area contributed by atoms with Crippen LogP contribution < -0.4 is 0 Å². The molecule has 0 saturated carbocycles. The van der Waals surface area contributed by atoms with Crippen molar-refractivity contribution in [3.63, 3.8) is 0 Å². The van der Waals surface area contributed by atoms with Crippen LogP contribution in [0.15, 0.2) is 30.3 Å². The number of alkyl halides is 1. The molecular formula is C15H23ClO. The summed E-state index contributed by atoms with van der Waals surface area (Å²) >= 11 is 6.01. The maximum absolute atomic E-state index is 6.01. The molecule has 0 fully saturated rings. The lowest BCUT2D eigenvalue weighted by atomic mass is 9.98. The Kier molecular flexibility index (Phi) is 7.30. The lowest BCUT2D eigenvalue weighted by Crippen LogP contribution is -2.07. The monoisotopic (exact) mass is 254 g/mol. The van der Waals surface area contributed by atoms with Gasteiger partial charge < -0.3 is 4.74 Å². The van der Waals surface area contributed by atoms with Crippen molar-refractivity contribution in [1.29, 1.82) is 0 Å². The number of ether oxygens (including phenoxy) is 1. The molecule has 1 aromatic rings. The average molecular weight is 255 g/mol. The van der Waals surface area contributed by atoms with Gasteiger partial charge in [0.25, 0.3) is 0 Å². The van der Waals surface area contributed by atoms with Gasteiger partial charge in [-0.25, -0.2) is 0 Å². The van der Waals surface area contributed by atoms with Gasteiger partial charge in [0.1, 0.15) is 0 Å². The van der Waals surface area contributed by atoms with Crippen molar-refractivity contribution in [3.05, 3.63) is 35.9 Å². The largest absolute Gasteiger partial charge is 0.381 e. The summed E-state index contributed by atoms with van der Waals surface area (Å²) in [7, 11) is 0. The van der Waals surface area contributed by atoms with Crippen LogP contribution in [0.3, 0.4) is 0 Å². The van der Waals surface area contributed by atoms with Gasteiger partial charge >= 0.3 is 0 Å². The van der Waals surface area contributed by atoms with Crippen LogP contribution in [0.4, 0.5) is 0 Å². The molecule has 0 radical (unpaired) electrons. The van der Waals surface area contributed by atoms with Crippen LogP contribution in [0.25, 0.3) is 0 Å². The minimum absolute atomic E-state index is 0.414. The van der Waals surface area contributed by atoms with E-state index >= 15 is 0 Å². The Morgan fingerprint density at radius 1 is 1.06 bits per heavy atom. The molecule has 0 amide bonds. The van der Waals surface area contributed by atoms with Crippen molar-refractivity contribution in [2.45, 2.75) is 32.6 Å². The number of hydrogen-bond donors (Lipinski definition) is 0. The third-order valence-corrected chi connectivity index (χ3v) is 3.28. The first-order valence-corrected chi connectivity index (χ1v) is 6.96. The first-order chi connectivity index (χ1) is 8.24. The quantitative estimate of drug-likeness (QED) is 0.492. The van der Waals surface area contributed by atoms with Gasteiger partial charge in [-0.2, -0.15) is 0 Å². The van der Waals surface area contributed by atoms with Crippen molar-refractivity contribution in [2.75, 3.05) is 19.1 Å². The fourth-order valence-corrected chi connectivity index (χ4v) is 2.04. The van der Waals surface area contributed by atoms with Crippen LogP contribution in [0.1, 0.15) is 38.2 Å². The zero-order chi connectivity index (χ0) is 12.5. The van der Waals surface area contributed by atoms with Gasteiger partial charge in [-0.15, -0.1) is 11.6 Å². The maximum atomic E-state index is 6.01. The Balaban J connectivity index is 2.24. The summed E-state index contributed by atoms with van der Waals surface area (Å²) < 4.78 is 5.64. The van der Waals surface area contributed by atoms with E-state index in [0.717, 1.165) is 26.1 Å². The fraction of sp³-hybridized carbons (Fsp3) is 0.600. The Bertz CT molecular complexity index is 284. The minimum Gasteiger partial charge on any atom is -0.381 e. The van der Waals surface area contributed by atoms with E-state index < -0.39 is 0 Å². The predicted octanol–water partition coefficient (Wildman–Crippen LogP) is 4.46. The Hall–Kier alpha value is -0.530. The van der Waals surface area contributed by atoms with Crippen LogP contribution in [-0.2, 0) is 4.74 Å². The van der Waals surface area contributed by atoms with Gasteiger partial charge in [-0.1, -0.05) is 44.2 Å². The molecule has 0 aliphatic heterocycles. The first-order valence-electron chi connectivity index (χ1n) is 6.42. The second-order valence-corrected chi connectivity index (χ2v) is 5.15. The van der Waals surface area contributed by atoms with E-state index in [-0.39, 0.29) is 0 Å². The van der Waals surface area contributed by atoms with Gasteiger partial charge in [-0.05, 0) is 30.2 Å². The second-order valence-electron chi connectivity index (χ2n) is 4.85. The van der Waals surface area contributed by atoms with Crippen LogP contribution in [0.5, 0.6) is 0 Å². The Labute approximate surface area is 110 Å². The van der Waals surface area contributed by atoms with E-state index in [0.29, 0.717) is 17.7 Å². The van der Waals surface area contributed by atoms with E-state index in [9.17, 15) is 0 Å². The maximum Gasteiger partial charge on any atom is 0.0472 e. The second kappa shape index (κ2) is 8.54. The van der Waals surface area contributed by atoms with Crippen LogP contribution >= 0.6 is 11.6 Å². The van der Waals surface area contributed by atoms with Gasteiger partial charge in [0, 0.05) is 19.1 Å². The van der Waals surface area contributed by atoms with E-state index in [2.05, 4.69) is 38.1 Å². The van der Waals surface area contributed by atoms with Gasteiger partial charge in [0.2, 0.25) is 0 Å². The van der Waals surface area contributed by atoms with Gasteiger partial charge in [0.15, 0.2) is 0 Å². The smallest absolute Gasteiger partial charge is 0.0472 e. The highest BCUT2D eigenvalue weighted by atomic mass is 35.5. The number of benzene rings is 1. The zero-order valence-corrected chi connectivity index (χ0v) is 11.6. The Morgan fingerprint density at radius 2 is 1.71 bits per heavy atom. The molecule has 1 rings (SSSR count). The molecule has 0 saturated heterocycles. The third kappa shape index (κ3) is 6.09. The molecule has 0 aliphatic rings. The summed E-state index contributed by atoms with van der Waals surface area (Å²) in [6.07, 6.45) is 2.14. The average Bonchev–Trinajstić information content (AvgIpc) is 2.34. The highest BCUT2D eigenvalue weighted by Gasteiger charge is 2.09. The summed E-state index contributed by atoms with van der Waals surface area (Å²) in [5.74, 6) is 1.79. The van der Waals surface area contributed by atoms with Gasteiger partial charge in [0.05, 0.1) is 0 Å². The first kappa shape index (κ1) is 14.5. The van der Waals surface area contributed by atoms with E-state index in [4.69, 9.17) is 16.3 Å². The normalized spacial score (nSPS) is 12.9. The molecule has 1 nitrogen and oxygen atoms in total. The van der Waals surface area contributed by atoms with Crippen molar-refractivity contribution < 1.29 is 4.74 Å². The fourth-order valence-electron chi connectivity index (χ4n) is 1.70. The highest BCUT2D eigenvalue weighted by Crippen LogP contribution is 2.20. The molecule has 0 aromatic heterocycles. The predicted molar refractivity (Wildman–Crippen MR) is 74.8 cm³/mol. The zero-order valence-electron chi connectivity index (χ0n) is 10.9. The number of halogens is 1. The molecule has 2 heteroatoms. The summed E-state index contributed by atoms with van der Waals surface area (Å²) in [4.78, 5) is 0. The standard InChI is InChI=1S/C15H23ClO/c1-13(2)8-10-17-11-9-15(12-16)14-6-4-3-5-7-14/h3-7,13,15H,8-12H2,1-2H3. The summed E-state index contributed by atoms with van der Waals surface area (Å²) in [5, 5.41) is 0. The van der Waals surface area contributed by atoms with Crippen LogP contribution in [0.2, 0.25) is 0 Å². The molecular weight excluding hydrogens is 232 g/mol. The third-order valence-electron chi connectivity index (χ3n) is 2.91. The topological polar surface area (TPSA) is 9.23 Å². The van der Waals surface area contributed by atoms with Crippen molar-refractivity contribution >= 4 is 11.6 Å². The molecule has 0 N–H and O–H groups in total. The molecule has 1 atom stereocenters. The molecule has 0 aliphatic carbocycles. The van der Waals surface area contributed by atoms with E-state index in [1.807, 2.05) is 6.07 Å². The molecule has 96 valence electrons. The summed E-state index contributed by atoms with van der Waals surface area (Å²) in [6.45, 7) is 6.10. The van der Waals surface area contributed by atoms with Crippen molar-refractivity contribution in [1.82, 2.24) is 0 Å². The number of rotatable bonds is 8. The highest BCUT2D eigenvalue weighted by molar-refractivity contribution is 6.18. The summed E-state index contributed by atoms with van der Waals surface area (Å²) in [6, 6.07) is 10.4. The van der Waals surface area contributed by atoms with Crippen molar-refractivity contribution in [3.8, 4) is 0 Å². The molecule has 0 heterocycles. The minimum atomic E-state index is 0.414. The van der Waals surface area contributed by atoms with Crippen molar-refractivity contribution in [2.24, 2.45) is 5.92 Å². The SMILES string of the molecule is CC(C)CCOCCC(CCl)c1ccccc1. The lowest BCUT2D eigenvalue weighted by Gasteiger charge is -2.14. The lowest BCUT2D eigenvalue weighted by molar-refractivity contribution is 0.118. The molecule has 1 aromatic carbocycles. The van der Waals surface area contributed by atoms with Crippen LogP contribution in [-0.4, -0.2) is 19.1 Å². The van der Waals surface area contributed by atoms with E-state index in [1.54, 1.807) is 0 Å². The molecule has 1 unspecified atom stereocenters.